The number of nitrogens with zero attached hydrogens (tertiary/aromatic N) is 2. The quantitative estimate of drug-likeness (QED) is 0.478. The van der Waals surface area contributed by atoms with E-state index in [1.165, 1.54) is 0 Å². The van der Waals surface area contributed by atoms with Gasteiger partial charge in [0.2, 0.25) is 0 Å². The second-order valence-corrected chi connectivity index (χ2v) is 5.97. The van der Waals surface area contributed by atoms with Crippen LogP contribution >= 0.6 is 0 Å². The molecule has 3 rings (SSSR count). The molecular formula is C20H22N2O6. The minimum atomic E-state index is -0.776. The van der Waals surface area contributed by atoms with E-state index >= 15 is 0 Å². The van der Waals surface area contributed by atoms with Gasteiger partial charge in [-0.3, -0.25) is 4.40 Å². The Morgan fingerprint density at radius 2 is 1.29 bits per heavy atom. The number of aryl methyl sites for hydroxylation is 1. The number of hydrogen-bond acceptors (Lipinski definition) is 6. The Labute approximate surface area is 161 Å². The van der Waals surface area contributed by atoms with Gasteiger partial charge in [0.05, 0.1) is 30.9 Å². The van der Waals surface area contributed by atoms with Crippen molar-refractivity contribution in [2.75, 3.05) is 19.8 Å². The number of esters is 3. The normalized spacial score (nSPS) is 11.0. The predicted molar refractivity (Wildman–Crippen MR) is 102 cm³/mol. The summed E-state index contributed by atoms with van der Waals surface area (Å²) in [6.45, 7) is 5.32. The van der Waals surface area contributed by atoms with E-state index in [9.17, 15) is 14.4 Å². The largest absolute Gasteiger partial charge is 0.462 e. The first kappa shape index (κ1) is 19.5. The lowest BCUT2D eigenvalue weighted by atomic mass is 10.1. The topological polar surface area (TPSA) is 88.2 Å². The van der Waals surface area contributed by atoms with Crippen LogP contribution in [0.5, 0.6) is 0 Å². The summed E-state index contributed by atoms with van der Waals surface area (Å²) in [4.78, 5) is 38.4. The second-order valence-electron chi connectivity index (χ2n) is 5.97. The highest BCUT2D eigenvalue weighted by Gasteiger charge is 2.36. The van der Waals surface area contributed by atoms with Crippen LogP contribution in [-0.2, 0) is 21.3 Å². The number of hydrogen-bond donors (Lipinski definition) is 0. The highest BCUT2D eigenvalue weighted by atomic mass is 16.5. The maximum absolute atomic E-state index is 12.8. The van der Waals surface area contributed by atoms with E-state index in [-0.39, 0.29) is 36.6 Å². The molecule has 0 N–H and O–H groups in total. The SMILES string of the molecule is CCOC(=O)c1c(C(=O)OCC)c2n(C)c3ccccc3n2c1C(=O)OCC. The lowest BCUT2D eigenvalue weighted by Crippen LogP contribution is -2.18. The lowest BCUT2D eigenvalue weighted by molar-refractivity contribution is 0.0459. The highest BCUT2D eigenvalue weighted by Crippen LogP contribution is 2.32. The number of aromatic nitrogens is 2. The van der Waals surface area contributed by atoms with Gasteiger partial charge in [-0.2, -0.15) is 0 Å². The van der Waals surface area contributed by atoms with E-state index in [0.29, 0.717) is 11.2 Å². The Morgan fingerprint density at radius 3 is 1.86 bits per heavy atom. The van der Waals surface area contributed by atoms with E-state index in [1.807, 2.05) is 18.2 Å². The number of para-hydroxylation sites is 2. The number of fused-ring (bicyclic) bond motifs is 3. The number of carbonyl (C=O) groups excluding carboxylic acids is 3. The van der Waals surface area contributed by atoms with Gasteiger partial charge in [0.15, 0.2) is 0 Å². The fourth-order valence-corrected chi connectivity index (χ4v) is 3.35. The predicted octanol–water partition coefficient (Wildman–Crippen LogP) is 2.96. The average Bonchev–Trinajstić information content (AvgIpc) is 3.17. The number of benzene rings is 1. The average molecular weight is 386 g/mol. The molecule has 0 aliphatic rings. The van der Waals surface area contributed by atoms with Crippen molar-refractivity contribution < 1.29 is 28.6 Å². The van der Waals surface area contributed by atoms with Crippen molar-refractivity contribution in [1.29, 1.82) is 0 Å². The molecule has 0 radical (unpaired) electrons. The molecule has 0 spiro atoms. The van der Waals surface area contributed by atoms with Gasteiger partial charge in [0.25, 0.3) is 0 Å². The van der Waals surface area contributed by atoms with Crippen LogP contribution in [0.2, 0.25) is 0 Å². The third kappa shape index (κ3) is 2.90. The standard InChI is InChI=1S/C20H22N2O6/c1-5-26-18(23)14-15(19(24)27-6-2)17-21(4)12-10-8-9-11-13(12)22(17)16(14)20(25)28-7-3/h8-11H,5-7H2,1-4H3. The van der Waals surface area contributed by atoms with Crippen LogP contribution in [0.15, 0.2) is 24.3 Å². The minimum Gasteiger partial charge on any atom is -0.462 e. The first-order valence-corrected chi connectivity index (χ1v) is 9.10. The summed E-state index contributed by atoms with van der Waals surface area (Å²) in [5, 5.41) is 0. The van der Waals surface area contributed by atoms with Crippen molar-refractivity contribution in [3.8, 4) is 0 Å². The first-order chi connectivity index (χ1) is 13.5. The van der Waals surface area contributed by atoms with Gasteiger partial charge in [-0.15, -0.1) is 0 Å². The molecule has 0 aliphatic heterocycles. The Hall–Kier alpha value is -3.29. The van der Waals surface area contributed by atoms with Crippen LogP contribution in [-0.4, -0.2) is 46.7 Å². The highest BCUT2D eigenvalue weighted by molar-refractivity contribution is 6.15. The molecule has 0 unspecified atom stereocenters. The van der Waals surface area contributed by atoms with E-state index in [2.05, 4.69) is 0 Å². The zero-order valence-electron chi connectivity index (χ0n) is 16.3. The Morgan fingerprint density at radius 1 is 0.786 bits per heavy atom. The second kappa shape index (κ2) is 7.75. The van der Waals surface area contributed by atoms with Gasteiger partial charge in [-0.05, 0) is 32.9 Å². The Bertz CT molecular complexity index is 1080. The summed E-state index contributed by atoms with van der Waals surface area (Å²) in [5.41, 5.74) is 1.60. The molecule has 3 aromatic rings. The molecule has 148 valence electrons. The van der Waals surface area contributed by atoms with Gasteiger partial charge < -0.3 is 18.8 Å². The van der Waals surface area contributed by atoms with Crippen molar-refractivity contribution in [1.82, 2.24) is 8.97 Å². The van der Waals surface area contributed by atoms with E-state index in [1.54, 1.807) is 42.9 Å². The fourth-order valence-electron chi connectivity index (χ4n) is 3.35. The number of imidazole rings is 1. The molecule has 0 aliphatic carbocycles. The summed E-state index contributed by atoms with van der Waals surface area (Å²) in [7, 11) is 1.75. The molecule has 2 aromatic heterocycles. The van der Waals surface area contributed by atoms with E-state index < -0.39 is 17.9 Å². The van der Waals surface area contributed by atoms with Gasteiger partial charge in [-0.25, -0.2) is 14.4 Å². The molecule has 28 heavy (non-hydrogen) atoms. The lowest BCUT2D eigenvalue weighted by Gasteiger charge is -2.08. The molecule has 8 nitrogen and oxygen atoms in total. The van der Waals surface area contributed by atoms with E-state index in [0.717, 1.165) is 5.52 Å². The molecule has 0 saturated heterocycles. The third-order valence-electron chi connectivity index (χ3n) is 4.38. The van der Waals surface area contributed by atoms with Crippen molar-refractivity contribution in [2.45, 2.75) is 20.8 Å². The molecule has 1 aromatic carbocycles. The van der Waals surface area contributed by atoms with Crippen LogP contribution in [0, 0.1) is 0 Å². The summed E-state index contributed by atoms with van der Waals surface area (Å²) in [6, 6.07) is 7.32. The summed E-state index contributed by atoms with van der Waals surface area (Å²) in [6.07, 6.45) is 0. The molecule has 2 heterocycles. The van der Waals surface area contributed by atoms with Crippen LogP contribution in [0.25, 0.3) is 16.7 Å². The molecule has 8 heteroatoms. The van der Waals surface area contributed by atoms with Crippen LogP contribution in [0.1, 0.15) is 52.0 Å². The van der Waals surface area contributed by atoms with Crippen LogP contribution < -0.4 is 0 Å². The van der Waals surface area contributed by atoms with Crippen LogP contribution in [0.3, 0.4) is 0 Å². The fraction of sp³-hybridized carbons (Fsp3) is 0.350. The summed E-state index contributed by atoms with van der Waals surface area (Å²) < 4.78 is 18.8. The molecule has 0 saturated carbocycles. The Kier molecular flexibility index (Phi) is 5.39. The van der Waals surface area contributed by atoms with Gasteiger partial charge in [0.1, 0.15) is 22.5 Å². The van der Waals surface area contributed by atoms with Crippen molar-refractivity contribution in [3.63, 3.8) is 0 Å². The molecule has 0 fully saturated rings. The molecular weight excluding hydrogens is 364 g/mol. The van der Waals surface area contributed by atoms with Gasteiger partial charge in [-0.1, -0.05) is 12.1 Å². The maximum atomic E-state index is 12.8. The monoisotopic (exact) mass is 386 g/mol. The maximum Gasteiger partial charge on any atom is 0.356 e. The summed E-state index contributed by atoms with van der Waals surface area (Å²) >= 11 is 0. The van der Waals surface area contributed by atoms with E-state index in [4.69, 9.17) is 14.2 Å². The van der Waals surface area contributed by atoms with Gasteiger partial charge >= 0.3 is 17.9 Å². The molecule has 0 amide bonds. The number of rotatable bonds is 6. The van der Waals surface area contributed by atoms with Crippen molar-refractivity contribution in [3.05, 3.63) is 41.1 Å². The van der Waals surface area contributed by atoms with Crippen LogP contribution in [0.4, 0.5) is 0 Å². The zero-order chi connectivity index (χ0) is 20.4. The summed E-state index contributed by atoms with van der Waals surface area (Å²) in [5.74, 6) is -2.20. The van der Waals surface area contributed by atoms with Crippen molar-refractivity contribution in [2.24, 2.45) is 7.05 Å². The third-order valence-corrected chi connectivity index (χ3v) is 4.38. The number of carbonyl (C=O) groups is 3. The Balaban J connectivity index is 2.51. The molecule has 0 bridgehead atoms. The zero-order valence-corrected chi connectivity index (χ0v) is 16.3. The van der Waals surface area contributed by atoms with Gasteiger partial charge in [0, 0.05) is 7.05 Å². The smallest absolute Gasteiger partial charge is 0.356 e. The van der Waals surface area contributed by atoms with Crippen molar-refractivity contribution >= 4 is 34.6 Å². The molecule has 0 atom stereocenters. The minimum absolute atomic E-state index is 0.0120. The number of ether oxygens (including phenoxy) is 3. The first-order valence-electron chi connectivity index (χ1n) is 9.10.